The minimum absolute atomic E-state index is 0. The molecule has 1 unspecified atom stereocenters. The van der Waals surface area contributed by atoms with Crippen molar-refractivity contribution in [1.82, 2.24) is 0 Å². The summed E-state index contributed by atoms with van der Waals surface area (Å²) in [4.78, 5) is 39.3. The molecule has 0 aliphatic carbocycles. The van der Waals surface area contributed by atoms with E-state index < -0.39 is 48.4 Å². The fourth-order valence-electron chi connectivity index (χ4n) is 0.684. The van der Waals surface area contributed by atoms with Crippen molar-refractivity contribution >= 4 is 99.4 Å². The SMILES string of the molecule is CC(O)C(=O)[O-].O=C([O-])CC(O)(CC(=O)[O-])C(=O)[O-].[Ca+2].[Ca+2]. The zero-order chi connectivity index (χ0) is 15.8. The molecule has 0 fully saturated rings. The van der Waals surface area contributed by atoms with E-state index in [2.05, 4.69) is 0 Å². The van der Waals surface area contributed by atoms with E-state index in [0.29, 0.717) is 0 Å². The number of aliphatic hydroxyl groups excluding tert-OH is 1. The van der Waals surface area contributed by atoms with Gasteiger partial charge in [0.1, 0.15) is 5.60 Å². The van der Waals surface area contributed by atoms with Gasteiger partial charge in [0.15, 0.2) is 0 Å². The third-order valence-electron chi connectivity index (χ3n) is 1.59. The van der Waals surface area contributed by atoms with Crippen LogP contribution in [0.5, 0.6) is 0 Å². The van der Waals surface area contributed by atoms with Crippen molar-refractivity contribution in [3.8, 4) is 0 Å². The maximum atomic E-state index is 10.1. The van der Waals surface area contributed by atoms with Crippen LogP contribution in [-0.4, -0.2) is 121 Å². The molecule has 0 spiro atoms. The molecule has 0 aromatic heterocycles. The van der Waals surface area contributed by atoms with E-state index in [-0.39, 0.29) is 75.5 Å². The molecule has 1 atom stereocenters. The van der Waals surface area contributed by atoms with Crippen molar-refractivity contribution in [3.63, 3.8) is 0 Å². The van der Waals surface area contributed by atoms with E-state index in [4.69, 9.17) is 10.2 Å². The topological polar surface area (TPSA) is 201 Å². The number of carboxylic acid groups (broad SMARTS) is 4. The normalized spacial score (nSPS) is 10.6. The average Bonchev–Trinajstić information content (AvgIpc) is 2.14. The number of carbonyl (C=O) groups is 4. The smallest absolute Gasteiger partial charge is 0.550 e. The Kier molecular flexibility index (Phi) is 19.5. The summed E-state index contributed by atoms with van der Waals surface area (Å²) in [6, 6.07) is 0. The number of carbonyl (C=O) groups excluding carboxylic acids is 4. The molecule has 2 N–H and O–H groups in total. The Hall–Kier alpha value is 0.319. The van der Waals surface area contributed by atoms with Crippen molar-refractivity contribution in [2.45, 2.75) is 31.5 Å². The maximum absolute atomic E-state index is 10.1. The van der Waals surface area contributed by atoms with Crippen molar-refractivity contribution in [3.05, 3.63) is 0 Å². The molecule has 0 heterocycles. The van der Waals surface area contributed by atoms with Gasteiger partial charge in [-0.2, -0.15) is 0 Å². The Balaban J connectivity index is -0.000000156. The van der Waals surface area contributed by atoms with E-state index in [1.54, 1.807) is 0 Å². The predicted octanol–water partition coefficient (Wildman–Crippen LogP) is -7.90. The van der Waals surface area contributed by atoms with Crippen LogP contribution in [-0.2, 0) is 19.2 Å². The molecule has 12 heteroatoms. The molecule has 0 rings (SSSR count). The minimum Gasteiger partial charge on any atom is -0.550 e. The third kappa shape index (κ3) is 16.5. The number of aliphatic carboxylic acids is 4. The molecular weight excluding hydrogens is 348 g/mol. The van der Waals surface area contributed by atoms with Gasteiger partial charge in [-0.05, 0) is 6.92 Å². The second kappa shape index (κ2) is 13.9. The van der Waals surface area contributed by atoms with Gasteiger partial charge in [0.05, 0.1) is 18.0 Å². The molecule has 0 aromatic rings. The van der Waals surface area contributed by atoms with Gasteiger partial charge in [-0.1, -0.05) is 0 Å². The molecule has 0 saturated carbocycles. The van der Waals surface area contributed by atoms with Gasteiger partial charge in [-0.15, -0.1) is 0 Å². The summed E-state index contributed by atoms with van der Waals surface area (Å²) in [5, 5.41) is 56.2. The maximum Gasteiger partial charge on any atom is 2.00 e. The molecule has 0 bridgehead atoms. The molecule has 0 saturated heterocycles. The fourth-order valence-corrected chi connectivity index (χ4v) is 0.684. The van der Waals surface area contributed by atoms with Crippen LogP contribution in [0.4, 0.5) is 0 Å². The summed E-state index contributed by atoms with van der Waals surface area (Å²) in [6.07, 6.45) is -4.06. The number of carboxylic acids is 4. The van der Waals surface area contributed by atoms with Crippen LogP contribution in [0.25, 0.3) is 0 Å². The van der Waals surface area contributed by atoms with Gasteiger partial charge < -0.3 is 49.8 Å². The molecule has 10 nitrogen and oxygen atoms in total. The zero-order valence-electron chi connectivity index (χ0n) is 11.1. The monoisotopic (exact) mass is 358 g/mol. The van der Waals surface area contributed by atoms with Crippen molar-refractivity contribution in [2.75, 3.05) is 0 Å². The van der Waals surface area contributed by atoms with Crippen molar-refractivity contribution < 1.29 is 49.8 Å². The van der Waals surface area contributed by atoms with E-state index in [0.717, 1.165) is 6.92 Å². The van der Waals surface area contributed by atoms with Gasteiger partial charge in [0, 0.05) is 24.8 Å². The van der Waals surface area contributed by atoms with Crippen molar-refractivity contribution in [2.24, 2.45) is 0 Å². The van der Waals surface area contributed by atoms with Crippen LogP contribution in [0.3, 0.4) is 0 Å². The van der Waals surface area contributed by atoms with E-state index in [1.165, 1.54) is 0 Å². The molecular formula is C9H10Ca2O10. The van der Waals surface area contributed by atoms with E-state index >= 15 is 0 Å². The average molecular weight is 358 g/mol. The zero-order valence-corrected chi connectivity index (χ0v) is 15.5. The van der Waals surface area contributed by atoms with Crippen molar-refractivity contribution in [1.29, 1.82) is 0 Å². The Morgan fingerprint density at radius 2 is 1.19 bits per heavy atom. The molecule has 0 radical (unpaired) electrons. The quantitative estimate of drug-likeness (QED) is 0.429. The predicted molar refractivity (Wildman–Crippen MR) is 57.4 cm³/mol. The van der Waals surface area contributed by atoms with Crippen LogP contribution >= 0.6 is 0 Å². The molecule has 110 valence electrons. The van der Waals surface area contributed by atoms with Gasteiger partial charge in [-0.25, -0.2) is 0 Å². The summed E-state index contributed by atoms with van der Waals surface area (Å²) in [5.74, 6) is -7.42. The summed E-state index contributed by atoms with van der Waals surface area (Å²) in [5.41, 5.74) is -2.97. The Morgan fingerprint density at radius 3 is 1.29 bits per heavy atom. The van der Waals surface area contributed by atoms with Crippen LogP contribution in [0.15, 0.2) is 0 Å². The Bertz CT molecular complexity index is 352. The summed E-state index contributed by atoms with van der Waals surface area (Å²) >= 11 is 0. The number of aliphatic hydroxyl groups is 2. The molecule has 0 aliphatic rings. The van der Waals surface area contributed by atoms with Crippen LogP contribution in [0, 0.1) is 0 Å². The number of hydrogen-bond acceptors (Lipinski definition) is 10. The second-order valence-electron chi connectivity index (χ2n) is 3.41. The van der Waals surface area contributed by atoms with Gasteiger partial charge >= 0.3 is 75.5 Å². The summed E-state index contributed by atoms with van der Waals surface area (Å²) in [6.45, 7) is 1.13. The number of hydrogen-bond donors (Lipinski definition) is 2. The molecule has 0 amide bonds. The summed E-state index contributed by atoms with van der Waals surface area (Å²) < 4.78 is 0. The molecule has 0 aliphatic heterocycles. The second-order valence-corrected chi connectivity index (χ2v) is 3.41. The standard InChI is InChI=1S/C6H8O7.C3H6O3.2Ca/c7-3(8)1-6(13,5(11)12)2-4(9)10;1-2(4)3(5)6;;/h13H,1-2H2,(H,7,8)(H,9,10)(H,11,12);2,4H,1H3,(H,5,6);;/q;;2*+2/p-4. The van der Waals surface area contributed by atoms with Crippen LogP contribution < -0.4 is 20.4 Å². The number of rotatable bonds is 6. The molecule has 21 heavy (non-hydrogen) atoms. The first-order valence-electron chi connectivity index (χ1n) is 4.65. The largest absolute Gasteiger partial charge is 2.00 e. The van der Waals surface area contributed by atoms with Gasteiger partial charge in [-0.3, -0.25) is 0 Å². The van der Waals surface area contributed by atoms with Gasteiger partial charge in [0.2, 0.25) is 0 Å². The first-order chi connectivity index (χ1) is 8.42. The van der Waals surface area contributed by atoms with E-state index in [9.17, 15) is 39.6 Å². The first kappa shape index (κ1) is 29.3. The van der Waals surface area contributed by atoms with Crippen LogP contribution in [0.1, 0.15) is 19.8 Å². The Morgan fingerprint density at radius 1 is 0.952 bits per heavy atom. The molecule has 0 aromatic carbocycles. The van der Waals surface area contributed by atoms with Gasteiger partial charge in [0.25, 0.3) is 0 Å². The third-order valence-corrected chi connectivity index (χ3v) is 1.59. The Labute approximate surface area is 178 Å². The van der Waals surface area contributed by atoms with Crippen LogP contribution in [0.2, 0.25) is 0 Å². The fraction of sp³-hybridized carbons (Fsp3) is 0.556. The van der Waals surface area contributed by atoms with E-state index in [1.807, 2.05) is 0 Å². The summed E-state index contributed by atoms with van der Waals surface area (Å²) in [7, 11) is 0. The first-order valence-corrected chi connectivity index (χ1v) is 4.65. The minimum atomic E-state index is -2.97.